The van der Waals surface area contributed by atoms with E-state index in [1.165, 1.54) is 0 Å². The molecule has 6 heteroatoms. The van der Waals surface area contributed by atoms with E-state index in [-0.39, 0.29) is 6.03 Å². The molecular formula is C16H13BN4O. The van der Waals surface area contributed by atoms with Gasteiger partial charge in [-0.1, -0.05) is 35.8 Å². The molecule has 0 spiro atoms. The highest BCUT2D eigenvalue weighted by molar-refractivity contribution is 6.32. The molecule has 0 aliphatic carbocycles. The number of urea groups is 1. The van der Waals surface area contributed by atoms with Crippen LogP contribution in [-0.2, 0) is 0 Å². The van der Waals surface area contributed by atoms with Crippen molar-refractivity contribution in [1.29, 1.82) is 0 Å². The third-order valence-electron chi connectivity index (χ3n) is 3.03. The molecule has 2 aromatic carbocycles. The summed E-state index contributed by atoms with van der Waals surface area (Å²) in [7, 11) is 5.60. The number of carbonyl (C=O) groups excluding carboxylic acids is 1. The second-order valence-corrected chi connectivity index (χ2v) is 4.71. The van der Waals surface area contributed by atoms with Crippen LogP contribution in [0.1, 0.15) is 0 Å². The number of hydrogen-bond acceptors (Lipinski definition) is 2. The smallest absolute Gasteiger partial charge is 0.308 e. The normalized spacial score (nSPS) is 10.2. The van der Waals surface area contributed by atoms with Crippen LogP contribution in [0.25, 0.3) is 5.69 Å². The van der Waals surface area contributed by atoms with Gasteiger partial charge in [-0.3, -0.25) is 0 Å². The minimum Gasteiger partial charge on any atom is -0.308 e. The lowest BCUT2D eigenvalue weighted by Crippen LogP contribution is -2.19. The summed E-state index contributed by atoms with van der Waals surface area (Å²) in [5.41, 5.74) is 2.85. The Balaban J connectivity index is 1.65. The number of hydrogen-bond donors (Lipinski definition) is 2. The zero-order valence-electron chi connectivity index (χ0n) is 11.7. The van der Waals surface area contributed by atoms with Crippen molar-refractivity contribution in [1.82, 2.24) is 9.78 Å². The number of benzene rings is 2. The molecule has 5 nitrogen and oxygen atoms in total. The van der Waals surface area contributed by atoms with Gasteiger partial charge in [0.25, 0.3) is 0 Å². The summed E-state index contributed by atoms with van der Waals surface area (Å²) < 4.78 is 1.69. The molecule has 22 heavy (non-hydrogen) atoms. The van der Waals surface area contributed by atoms with Gasteiger partial charge in [-0.05, 0) is 24.3 Å². The zero-order chi connectivity index (χ0) is 15.4. The van der Waals surface area contributed by atoms with Gasteiger partial charge in [-0.15, -0.1) is 0 Å². The average molecular weight is 288 g/mol. The first-order valence-corrected chi connectivity index (χ1v) is 6.74. The van der Waals surface area contributed by atoms with Gasteiger partial charge in [0, 0.05) is 5.69 Å². The van der Waals surface area contributed by atoms with Gasteiger partial charge >= 0.3 is 6.03 Å². The summed E-state index contributed by atoms with van der Waals surface area (Å²) in [6.45, 7) is 0. The maximum absolute atomic E-state index is 11.9. The van der Waals surface area contributed by atoms with Crippen molar-refractivity contribution in [3.05, 3.63) is 67.0 Å². The highest BCUT2D eigenvalue weighted by Gasteiger charge is 2.05. The third kappa shape index (κ3) is 3.35. The van der Waals surface area contributed by atoms with Crippen LogP contribution in [0.15, 0.2) is 67.0 Å². The maximum atomic E-state index is 11.9. The number of aromatic nitrogens is 2. The minimum atomic E-state index is -0.336. The van der Waals surface area contributed by atoms with Crippen molar-refractivity contribution in [2.75, 3.05) is 10.6 Å². The highest BCUT2D eigenvalue weighted by Crippen LogP contribution is 2.12. The van der Waals surface area contributed by atoms with Gasteiger partial charge < -0.3 is 10.6 Å². The summed E-state index contributed by atoms with van der Waals surface area (Å²) in [4.78, 5) is 11.9. The van der Waals surface area contributed by atoms with E-state index >= 15 is 0 Å². The monoisotopic (exact) mass is 288 g/mol. The molecule has 106 valence electrons. The van der Waals surface area contributed by atoms with E-state index in [0.717, 1.165) is 5.69 Å². The Kier molecular flexibility index (Phi) is 3.91. The van der Waals surface area contributed by atoms with Crippen molar-refractivity contribution in [3.8, 4) is 5.69 Å². The Hall–Kier alpha value is -3.02. The van der Waals surface area contributed by atoms with Crippen LogP contribution in [-0.4, -0.2) is 23.7 Å². The summed E-state index contributed by atoms with van der Waals surface area (Å²) in [6, 6.07) is 16.3. The molecule has 0 unspecified atom stereocenters. The summed E-state index contributed by atoms with van der Waals surface area (Å²) in [6.07, 6.45) is 3.34. The van der Waals surface area contributed by atoms with E-state index in [9.17, 15) is 4.79 Å². The van der Waals surface area contributed by atoms with Crippen LogP contribution in [0.4, 0.5) is 16.2 Å². The largest absolute Gasteiger partial charge is 0.323 e. The van der Waals surface area contributed by atoms with Crippen molar-refractivity contribution < 1.29 is 4.79 Å². The van der Waals surface area contributed by atoms with Gasteiger partial charge in [0.05, 0.1) is 23.8 Å². The Morgan fingerprint density at radius 2 is 1.64 bits per heavy atom. The zero-order valence-corrected chi connectivity index (χ0v) is 11.7. The summed E-state index contributed by atoms with van der Waals surface area (Å²) in [5.74, 6) is 0. The first-order valence-electron chi connectivity index (χ1n) is 6.74. The summed E-state index contributed by atoms with van der Waals surface area (Å²) >= 11 is 0. The molecule has 1 heterocycles. The Labute approximate surface area is 129 Å². The predicted molar refractivity (Wildman–Crippen MR) is 88.0 cm³/mol. The predicted octanol–water partition coefficient (Wildman–Crippen LogP) is 2.31. The van der Waals surface area contributed by atoms with E-state index in [1.807, 2.05) is 30.3 Å². The van der Waals surface area contributed by atoms with E-state index < -0.39 is 0 Å². The molecular weight excluding hydrogens is 275 g/mol. The van der Waals surface area contributed by atoms with Crippen molar-refractivity contribution in [2.24, 2.45) is 0 Å². The second kappa shape index (κ2) is 6.18. The molecule has 0 aliphatic rings. The van der Waals surface area contributed by atoms with Gasteiger partial charge in [0.15, 0.2) is 0 Å². The first kappa shape index (κ1) is 13.9. The second-order valence-electron chi connectivity index (χ2n) is 4.71. The number of rotatable bonds is 3. The number of anilines is 2. The topological polar surface area (TPSA) is 59.0 Å². The molecule has 0 aliphatic heterocycles. The van der Waals surface area contributed by atoms with Crippen LogP contribution in [0.2, 0.25) is 0 Å². The molecule has 2 radical (unpaired) electrons. The molecule has 0 atom stereocenters. The van der Waals surface area contributed by atoms with Crippen LogP contribution in [0.5, 0.6) is 0 Å². The number of nitrogens with one attached hydrogen (secondary N) is 2. The molecule has 0 saturated carbocycles. The van der Waals surface area contributed by atoms with Gasteiger partial charge in [-0.2, -0.15) is 5.10 Å². The highest BCUT2D eigenvalue weighted by atomic mass is 16.2. The number of para-hydroxylation sites is 1. The molecule has 1 aromatic heterocycles. The van der Waals surface area contributed by atoms with Crippen molar-refractivity contribution in [3.63, 3.8) is 0 Å². The van der Waals surface area contributed by atoms with Gasteiger partial charge in [0.2, 0.25) is 0 Å². The fourth-order valence-corrected chi connectivity index (χ4v) is 1.97. The molecule has 0 bridgehead atoms. The van der Waals surface area contributed by atoms with E-state index in [0.29, 0.717) is 16.8 Å². The van der Waals surface area contributed by atoms with E-state index in [1.54, 1.807) is 41.3 Å². The van der Waals surface area contributed by atoms with Gasteiger partial charge in [-0.25, -0.2) is 9.48 Å². The molecule has 3 rings (SSSR count). The standard InChI is InChI=1S/C16H13BN4O/c17-12-6-8-13(9-7-12)19-16(22)20-14-10-18-21(11-14)15-4-2-1-3-5-15/h1-11H,(H2,19,20,22). The quantitative estimate of drug-likeness (QED) is 0.727. The van der Waals surface area contributed by atoms with Crippen molar-refractivity contribution in [2.45, 2.75) is 0 Å². The lowest BCUT2D eigenvalue weighted by atomic mass is 9.96. The Morgan fingerprint density at radius 3 is 2.36 bits per heavy atom. The van der Waals surface area contributed by atoms with Crippen molar-refractivity contribution >= 4 is 30.7 Å². The molecule has 3 aromatic rings. The van der Waals surface area contributed by atoms with Crippen LogP contribution in [0, 0.1) is 0 Å². The molecule has 2 N–H and O–H groups in total. The first-order chi connectivity index (χ1) is 10.7. The molecule has 0 fully saturated rings. The van der Waals surface area contributed by atoms with Crippen LogP contribution in [0.3, 0.4) is 0 Å². The fraction of sp³-hybridized carbons (Fsp3) is 0. The minimum absolute atomic E-state index is 0.336. The van der Waals surface area contributed by atoms with Gasteiger partial charge in [0.1, 0.15) is 7.85 Å². The Morgan fingerprint density at radius 1 is 0.955 bits per heavy atom. The van der Waals surface area contributed by atoms with E-state index in [4.69, 9.17) is 7.85 Å². The fourth-order valence-electron chi connectivity index (χ4n) is 1.97. The lowest BCUT2D eigenvalue weighted by Gasteiger charge is -2.06. The number of carbonyl (C=O) groups is 1. The molecule has 0 saturated heterocycles. The SMILES string of the molecule is [B]c1ccc(NC(=O)Nc2cnn(-c3ccccc3)c2)cc1. The third-order valence-corrected chi connectivity index (χ3v) is 3.03. The number of amides is 2. The average Bonchev–Trinajstić information content (AvgIpc) is 2.99. The lowest BCUT2D eigenvalue weighted by molar-refractivity contribution is 0.262. The van der Waals surface area contributed by atoms with Crippen LogP contribution < -0.4 is 16.1 Å². The van der Waals surface area contributed by atoms with E-state index in [2.05, 4.69) is 15.7 Å². The summed E-state index contributed by atoms with van der Waals surface area (Å²) in [5, 5.41) is 9.67. The maximum Gasteiger partial charge on any atom is 0.323 e. The molecule has 2 amide bonds. The Bertz CT molecular complexity index is 768. The number of nitrogens with zero attached hydrogens (tertiary/aromatic N) is 2. The van der Waals surface area contributed by atoms with Crippen LogP contribution >= 0.6 is 0 Å².